The topological polar surface area (TPSA) is 78.9 Å². The lowest BCUT2D eigenvalue weighted by Gasteiger charge is -2.18. The first kappa shape index (κ1) is 74.7. The Labute approximate surface area is 495 Å². The van der Waals surface area contributed by atoms with E-state index >= 15 is 0 Å². The maximum atomic E-state index is 12.8. The number of unbranched alkanes of at least 4 members (excludes halogenated alkanes) is 7. The highest BCUT2D eigenvalue weighted by Crippen LogP contribution is 2.12. The van der Waals surface area contributed by atoms with Gasteiger partial charge in [0.1, 0.15) is 13.2 Å². The number of esters is 3. The number of allylic oxidation sites excluding steroid dienone is 35. The van der Waals surface area contributed by atoms with Crippen molar-refractivity contribution >= 4 is 17.9 Å². The van der Waals surface area contributed by atoms with Crippen molar-refractivity contribution in [1.82, 2.24) is 0 Å². The van der Waals surface area contributed by atoms with Gasteiger partial charge in [0.05, 0.1) is 6.42 Å². The summed E-state index contributed by atoms with van der Waals surface area (Å²) in [7, 11) is 0. The molecule has 0 radical (unpaired) electrons. The van der Waals surface area contributed by atoms with Gasteiger partial charge < -0.3 is 14.2 Å². The van der Waals surface area contributed by atoms with Crippen LogP contribution in [-0.4, -0.2) is 37.2 Å². The summed E-state index contributed by atoms with van der Waals surface area (Å²) in [6, 6.07) is 0. The molecule has 6 nitrogen and oxygen atoms in total. The number of rotatable bonds is 53. The molecule has 0 aliphatic carbocycles. The van der Waals surface area contributed by atoms with Gasteiger partial charge in [-0.1, -0.05) is 272 Å². The SMILES string of the molecule is CC/C=C\C/C=C\C/C=C\C/C=C\C/C=C\C/C=C\C/C=C\C/C=C\C/C=C\CCCCCCCCCC(=O)OCC(COC(=O)CC/C=C\C/C=C\C/C=C\C/C=C\CC)OC(=O)C/C=C\C/C=C\C/C=C\C/C=C\C/C=C\CC. The van der Waals surface area contributed by atoms with Crippen LogP contribution in [0.25, 0.3) is 0 Å². The molecule has 6 heteroatoms. The van der Waals surface area contributed by atoms with Crippen LogP contribution in [0, 0.1) is 0 Å². The Morgan fingerprint density at radius 3 is 0.827 bits per heavy atom. The minimum absolute atomic E-state index is 0.0678. The van der Waals surface area contributed by atoms with Gasteiger partial charge in [-0.25, -0.2) is 0 Å². The highest BCUT2D eigenvalue weighted by atomic mass is 16.6. The maximum Gasteiger partial charge on any atom is 0.310 e. The van der Waals surface area contributed by atoms with Crippen LogP contribution in [0.15, 0.2) is 219 Å². The fourth-order valence-corrected chi connectivity index (χ4v) is 7.46. The van der Waals surface area contributed by atoms with E-state index in [1.54, 1.807) is 6.08 Å². The highest BCUT2D eigenvalue weighted by Gasteiger charge is 2.19. The van der Waals surface area contributed by atoms with E-state index in [0.29, 0.717) is 19.3 Å². The van der Waals surface area contributed by atoms with Crippen molar-refractivity contribution in [2.45, 2.75) is 219 Å². The van der Waals surface area contributed by atoms with Gasteiger partial charge in [-0.2, -0.15) is 0 Å². The Morgan fingerprint density at radius 2 is 0.506 bits per heavy atom. The molecule has 0 N–H and O–H groups in total. The van der Waals surface area contributed by atoms with Gasteiger partial charge in [-0.05, 0) is 141 Å². The smallest absolute Gasteiger partial charge is 0.310 e. The number of hydrogen-bond acceptors (Lipinski definition) is 6. The summed E-state index contributed by atoms with van der Waals surface area (Å²) in [6.45, 7) is 6.10. The first-order valence-corrected chi connectivity index (χ1v) is 31.2. The van der Waals surface area contributed by atoms with Crippen LogP contribution in [0.2, 0.25) is 0 Å². The molecule has 0 bridgehead atoms. The van der Waals surface area contributed by atoms with Crippen LogP contribution in [0.1, 0.15) is 213 Å². The Balaban J connectivity index is 4.41. The standard InChI is InChI=1S/C75H110O6/c1-4-7-10-13-16-19-22-25-27-28-29-30-31-32-33-34-35-36-37-38-39-40-41-42-43-44-45-46-48-50-53-56-59-62-65-68-74(77)80-71-72(70-79-73(76)67-64-61-58-55-52-49-24-21-18-15-12-9-6-3)81-75(78)69-66-63-60-57-54-51-47-26-23-20-17-14-11-8-5-2/h7-12,16-21,25-27,29-30,32-33,35-36,38-39,41-42,44-45,47,49,52,54,57-58,61,63,66,72H,4-6,13-15,22-24,28,31,34,37,40,43,46,48,50-51,53,55-56,59-60,62,64-65,67-71H2,1-3H3/b10-7-,11-8-,12-9-,19-16-,20-17-,21-18-,27-25-,30-29-,33-32-,36-35-,39-38-,42-41-,45-44-,47-26-,52-49-,57-54-,61-58-,66-63-. The quantitative estimate of drug-likeness (QED) is 0.0261. The Morgan fingerprint density at radius 1 is 0.259 bits per heavy atom. The predicted octanol–water partition coefficient (Wildman–Crippen LogP) is 21.8. The van der Waals surface area contributed by atoms with E-state index in [4.69, 9.17) is 14.2 Å². The average molecular weight is 1110 g/mol. The van der Waals surface area contributed by atoms with Gasteiger partial charge in [-0.15, -0.1) is 0 Å². The fourth-order valence-electron chi connectivity index (χ4n) is 7.46. The molecule has 0 aliphatic heterocycles. The van der Waals surface area contributed by atoms with E-state index in [1.807, 2.05) is 18.2 Å². The molecular weight excluding hydrogens is 997 g/mol. The molecule has 0 saturated carbocycles. The van der Waals surface area contributed by atoms with Crippen LogP contribution in [0.3, 0.4) is 0 Å². The molecule has 1 unspecified atom stereocenters. The number of carbonyl (C=O) groups excluding carboxylic acids is 3. The van der Waals surface area contributed by atoms with E-state index in [1.165, 1.54) is 19.3 Å². The fraction of sp³-hybridized carbons (Fsp3) is 0.480. The van der Waals surface area contributed by atoms with Crippen LogP contribution in [-0.2, 0) is 28.6 Å². The van der Waals surface area contributed by atoms with Crippen LogP contribution in [0.5, 0.6) is 0 Å². The second kappa shape index (κ2) is 66.2. The monoisotopic (exact) mass is 1110 g/mol. The summed E-state index contributed by atoms with van der Waals surface area (Å²) in [5, 5.41) is 0. The van der Waals surface area contributed by atoms with E-state index in [0.717, 1.165) is 141 Å². The number of hydrogen-bond donors (Lipinski definition) is 0. The molecule has 446 valence electrons. The Kier molecular flexibility index (Phi) is 61.1. The molecule has 0 saturated heterocycles. The summed E-state index contributed by atoms with van der Waals surface area (Å²) in [4.78, 5) is 38.1. The van der Waals surface area contributed by atoms with Crippen molar-refractivity contribution in [3.05, 3.63) is 219 Å². The molecule has 0 spiro atoms. The molecular formula is C75H110O6. The first-order chi connectivity index (χ1) is 40.0. The van der Waals surface area contributed by atoms with E-state index < -0.39 is 18.0 Å². The van der Waals surface area contributed by atoms with Gasteiger partial charge in [-0.3, -0.25) is 14.4 Å². The third-order valence-corrected chi connectivity index (χ3v) is 12.0. The molecule has 0 aromatic rings. The normalized spacial score (nSPS) is 13.7. The van der Waals surface area contributed by atoms with E-state index in [2.05, 4.69) is 215 Å². The molecule has 0 heterocycles. The van der Waals surface area contributed by atoms with Gasteiger partial charge in [0, 0.05) is 12.8 Å². The molecule has 0 aromatic carbocycles. The minimum atomic E-state index is -0.880. The van der Waals surface area contributed by atoms with Gasteiger partial charge >= 0.3 is 17.9 Å². The third-order valence-electron chi connectivity index (χ3n) is 12.0. The van der Waals surface area contributed by atoms with Crippen molar-refractivity contribution in [1.29, 1.82) is 0 Å². The molecule has 0 amide bonds. The summed E-state index contributed by atoms with van der Waals surface area (Å²) in [5.41, 5.74) is 0. The molecule has 0 fully saturated rings. The molecule has 0 aromatic heterocycles. The summed E-state index contributed by atoms with van der Waals surface area (Å²) in [6.07, 6.45) is 104. The zero-order valence-corrected chi connectivity index (χ0v) is 50.9. The highest BCUT2D eigenvalue weighted by molar-refractivity contribution is 5.72. The number of carbonyl (C=O) groups is 3. The van der Waals surface area contributed by atoms with Crippen molar-refractivity contribution in [2.24, 2.45) is 0 Å². The maximum absolute atomic E-state index is 12.8. The summed E-state index contributed by atoms with van der Waals surface area (Å²) in [5.74, 6) is -1.20. The second-order valence-corrected chi connectivity index (χ2v) is 19.5. The Bertz CT molecular complexity index is 2050. The predicted molar refractivity (Wildman–Crippen MR) is 352 cm³/mol. The molecule has 0 rings (SSSR count). The second-order valence-electron chi connectivity index (χ2n) is 19.5. The first-order valence-electron chi connectivity index (χ1n) is 31.2. The zero-order valence-electron chi connectivity index (χ0n) is 50.9. The Hall–Kier alpha value is -6.27. The van der Waals surface area contributed by atoms with Crippen molar-refractivity contribution in [2.75, 3.05) is 13.2 Å². The third kappa shape index (κ3) is 64.4. The van der Waals surface area contributed by atoms with Crippen molar-refractivity contribution < 1.29 is 28.6 Å². The van der Waals surface area contributed by atoms with E-state index in [-0.39, 0.29) is 32.0 Å². The average Bonchev–Trinajstić information content (AvgIpc) is 3.46. The van der Waals surface area contributed by atoms with Crippen molar-refractivity contribution in [3.8, 4) is 0 Å². The molecule has 1 atom stereocenters. The minimum Gasteiger partial charge on any atom is -0.462 e. The zero-order chi connectivity index (χ0) is 58.5. The van der Waals surface area contributed by atoms with Gasteiger partial charge in [0.2, 0.25) is 0 Å². The summed E-state index contributed by atoms with van der Waals surface area (Å²) < 4.78 is 16.7. The van der Waals surface area contributed by atoms with Crippen LogP contribution >= 0.6 is 0 Å². The lowest BCUT2D eigenvalue weighted by molar-refractivity contribution is -0.166. The molecule has 81 heavy (non-hydrogen) atoms. The lowest BCUT2D eigenvalue weighted by atomic mass is 10.1. The van der Waals surface area contributed by atoms with Crippen LogP contribution < -0.4 is 0 Å². The lowest BCUT2D eigenvalue weighted by Crippen LogP contribution is -2.30. The largest absolute Gasteiger partial charge is 0.462 e. The van der Waals surface area contributed by atoms with E-state index in [9.17, 15) is 14.4 Å². The van der Waals surface area contributed by atoms with Gasteiger partial charge in [0.15, 0.2) is 6.10 Å². The van der Waals surface area contributed by atoms with Gasteiger partial charge in [0.25, 0.3) is 0 Å². The summed E-state index contributed by atoms with van der Waals surface area (Å²) >= 11 is 0. The van der Waals surface area contributed by atoms with Crippen molar-refractivity contribution in [3.63, 3.8) is 0 Å². The van der Waals surface area contributed by atoms with Crippen LogP contribution in [0.4, 0.5) is 0 Å². The molecule has 0 aliphatic rings. The number of ether oxygens (including phenoxy) is 3.